The molecular formula is C6H10O6S2. The van der Waals surface area contributed by atoms with E-state index in [9.17, 15) is 9.59 Å². The normalized spacial score (nSPS) is 14.3. The van der Waals surface area contributed by atoms with Crippen LogP contribution in [0.4, 0.5) is 0 Å². The van der Waals surface area contributed by atoms with Crippen LogP contribution in [0.3, 0.4) is 0 Å². The lowest BCUT2D eigenvalue weighted by molar-refractivity contribution is -0.157. The Morgan fingerprint density at radius 1 is 1.00 bits per heavy atom. The van der Waals surface area contributed by atoms with Gasteiger partial charge in [0.05, 0.1) is 0 Å². The number of esters is 2. The van der Waals surface area contributed by atoms with Crippen molar-refractivity contribution in [2.24, 2.45) is 0 Å². The molecule has 8 heteroatoms. The fourth-order valence-electron chi connectivity index (χ4n) is 0.434. The van der Waals surface area contributed by atoms with Crippen molar-refractivity contribution in [3.63, 3.8) is 0 Å². The van der Waals surface area contributed by atoms with Gasteiger partial charge in [-0.25, -0.2) is 9.59 Å². The molecule has 0 saturated heterocycles. The van der Waals surface area contributed by atoms with E-state index in [2.05, 4.69) is 34.7 Å². The van der Waals surface area contributed by atoms with E-state index in [4.69, 9.17) is 10.2 Å². The number of carbonyl (C=O) groups is 2. The van der Waals surface area contributed by atoms with Crippen LogP contribution in [0, 0.1) is 0 Å². The fraction of sp³-hybridized carbons (Fsp3) is 0.667. The van der Waals surface area contributed by atoms with Crippen LogP contribution in [0.5, 0.6) is 0 Å². The minimum Gasteiger partial charge on any atom is -0.460 e. The summed E-state index contributed by atoms with van der Waals surface area (Å²) in [6.45, 7) is -0.439. The Bertz CT molecular complexity index is 182. The first-order valence-electron chi connectivity index (χ1n) is 3.50. The van der Waals surface area contributed by atoms with E-state index in [1.165, 1.54) is 0 Å². The molecule has 0 saturated carbocycles. The van der Waals surface area contributed by atoms with E-state index in [1.807, 2.05) is 0 Å². The second-order valence-corrected chi connectivity index (χ2v) is 3.06. The minimum absolute atomic E-state index is 0.220. The van der Waals surface area contributed by atoms with Crippen LogP contribution in [-0.4, -0.2) is 46.2 Å². The van der Waals surface area contributed by atoms with Gasteiger partial charge in [0.15, 0.2) is 10.9 Å². The first-order valence-corrected chi connectivity index (χ1v) is 4.54. The minimum atomic E-state index is -1.51. The highest BCUT2D eigenvalue weighted by molar-refractivity contribution is 7.81. The summed E-state index contributed by atoms with van der Waals surface area (Å²) in [4.78, 5) is 21.1. The number of ether oxygens (including phenoxy) is 2. The molecule has 2 atom stereocenters. The zero-order valence-corrected chi connectivity index (χ0v) is 8.78. The smallest absolute Gasteiger partial charge is 0.345 e. The van der Waals surface area contributed by atoms with E-state index >= 15 is 0 Å². The van der Waals surface area contributed by atoms with Gasteiger partial charge in [0.1, 0.15) is 13.2 Å². The van der Waals surface area contributed by atoms with E-state index in [0.717, 1.165) is 0 Å². The number of hydrogen-bond acceptors (Lipinski definition) is 8. The fourth-order valence-corrected chi connectivity index (χ4v) is 0.583. The van der Waals surface area contributed by atoms with Crippen LogP contribution >= 0.6 is 25.3 Å². The third-order valence-corrected chi connectivity index (χ3v) is 1.42. The predicted molar refractivity (Wildman–Crippen MR) is 51.9 cm³/mol. The highest BCUT2D eigenvalue weighted by Crippen LogP contribution is 1.95. The third-order valence-electron chi connectivity index (χ3n) is 0.994. The molecule has 0 aliphatic rings. The third kappa shape index (κ3) is 6.08. The molecule has 2 unspecified atom stereocenters. The van der Waals surface area contributed by atoms with Crippen molar-refractivity contribution in [2.75, 3.05) is 13.2 Å². The van der Waals surface area contributed by atoms with Crippen LogP contribution in [0.2, 0.25) is 0 Å². The van der Waals surface area contributed by atoms with Crippen molar-refractivity contribution >= 4 is 37.2 Å². The van der Waals surface area contributed by atoms with Crippen LogP contribution in [-0.2, 0) is 19.1 Å². The Balaban J connectivity index is 3.48. The second-order valence-electron chi connectivity index (χ2n) is 2.08. The molecule has 0 aromatic rings. The zero-order chi connectivity index (χ0) is 11.1. The second kappa shape index (κ2) is 6.93. The maximum Gasteiger partial charge on any atom is 0.345 e. The predicted octanol–water partition coefficient (Wildman–Crippen LogP) is -1.43. The van der Waals surface area contributed by atoms with Gasteiger partial charge in [-0.3, -0.25) is 0 Å². The highest BCUT2D eigenvalue weighted by atomic mass is 32.1. The zero-order valence-electron chi connectivity index (χ0n) is 6.99. The van der Waals surface area contributed by atoms with Crippen molar-refractivity contribution in [3.05, 3.63) is 0 Å². The van der Waals surface area contributed by atoms with Crippen molar-refractivity contribution in [3.8, 4) is 0 Å². The van der Waals surface area contributed by atoms with Crippen LogP contribution in [0.15, 0.2) is 0 Å². The maximum absolute atomic E-state index is 10.6. The van der Waals surface area contributed by atoms with Gasteiger partial charge < -0.3 is 19.7 Å². The average Bonchev–Trinajstić information content (AvgIpc) is 2.11. The number of aliphatic hydroxyl groups is 2. The molecule has 0 aliphatic heterocycles. The van der Waals surface area contributed by atoms with Crippen LogP contribution in [0.25, 0.3) is 0 Å². The Morgan fingerprint density at radius 2 is 1.29 bits per heavy atom. The van der Waals surface area contributed by atoms with E-state index in [0.29, 0.717) is 0 Å². The lowest BCUT2D eigenvalue weighted by Crippen LogP contribution is -2.23. The molecule has 82 valence electrons. The van der Waals surface area contributed by atoms with E-state index in [1.54, 1.807) is 0 Å². The van der Waals surface area contributed by atoms with Crippen molar-refractivity contribution < 1.29 is 29.3 Å². The molecule has 0 bridgehead atoms. The number of thiol groups is 2. The number of carbonyl (C=O) groups excluding carboxylic acids is 2. The first kappa shape index (κ1) is 13.6. The summed E-state index contributed by atoms with van der Waals surface area (Å²) in [5, 5.41) is 17.1. The van der Waals surface area contributed by atoms with E-state index in [-0.39, 0.29) is 13.2 Å². The first-order chi connectivity index (χ1) is 6.45. The van der Waals surface area contributed by atoms with Crippen molar-refractivity contribution in [1.29, 1.82) is 0 Å². The lowest BCUT2D eigenvalue weighted by atomic mass is 10.6. The molecule has 0 heterocycles. The molecule has 0 rings (SSSR count). The van der Waals surface area contributed by atoms with Gasteiger partial charge in [0, 0.05) is 0 Å². The number of aliphatic hydroxyl groups excluding tert-OH is 2. The summed E-state index contributed by atoms with van der Waals surface area (Å²) in [7, 11) is 0. The Labute approximate surface area is 91.0 Å². The molecule has 0 fully saturated rings. The van der Waals surface area contributed by atoms with Crippen molar-refractivity contribution in [1.82, 2.24) is 0 Å². The van der Waals surface area contributed by atoms with Crippen LogP contribution in [0.1, 0.15) is 0 Å². The summed E-state index contributed by atoms with van der Waals surface area (Å²) in [6, 6.07) is 0. The molecule has 0 spiro atoms. The molecule has 0 aliphatic carbocycles. The summed E-state index contributed by atoms with van der Waals surface area (Å²) in [6.07, 6.45) is 0. The van der Waals surface area contributed by atoms with Gasteiger partial charge in [0.25, 0.3) is 0 Å². The monoisotopic (exact) mass is 242 g/mol. The summed E-state index contributed by atoms with van der Waals surface area (Å²) >= 11 is 6.78. The SMILES string of the molecule is O=C(OCCOC(=O)C(O)S)C(O)S. The number of rotatable bonds is 5. The lowest BCUT2D eigenvalue weighted by Gasteiger charge is -2.07. The summed E-state index contributed by atoms with van der Waals surface area (Å²) in [5.41, 5.74) is -3.03. The molecule has 14 heavy (non-hydrogen) atoms. The highest BCUT2D eigenvalue weighted by Gasteiger charge is 2.13. The van der Waals surface area contributed by atoms with E-state index < -0.39 is 22.8 Å². The van der Waals surface area contributed by atoms with Crippen LogP contribution < -0.4 is 0 Å². The molecule has 0 aromatic carbocycles. The van der Waals surface area contributed by atoms with Gasteiger partial charge in [-0.2, -0.15) is 0 Å². The van der Waals surface area contributed by atoms with Gasteiger partial charge in [-0.1, -0.05) is 0 Å². The van der Waals surface area contributed by atoms with Gasteiger partial charge in [-0.05, 0) is 0 Å². The molecular weight excluding hydrogens is 232 g/mol. The topological polar surface area (TPSA) is 93.1 Å². The number of hydrogen-bond donors (Lipinski definition) is 4. The standard InChI is InChI=1S/C6H10O6S2/c7-3(5(9)13)11-1-2-12-4(8)6(10)14/h5-6,9-10,13-14H,1-2H2. The molecule has 0 radical (unpaired) electrons. The van der Waals surface area contributed by atoms with Gasteiger partial charge in [0.2, 0.25) is 0 Å². The van der Waals surface area contributed by atoms with Gasteiger partial charge >= 0.3 is 11.9 Å². The quantitative estimate of drug-likeness (QED) is 0.204. The summed E-state index contributed by atoms with van der Waals surface area (Å²) < 4.78 is 8.77. The van der Waals surface area contributed by atoms with Gasteiger partial charge in [-0.15, -0.1) is 25.3 Å². The average molecular weight is 242 g/mol. The Morgan fingerprint density at radius 3 is 1.50 bits per heavy atom. The molecule has 0 amide bonds. The largest absolute Gasteiger partial charge is 0.460 e. The Hall–Kier alpha value is -0.440. The van der Waals surface area contributed by atoms with Crippen molar-refractivity contribution in [2.45, 2.75) is 10.9 Å². The molecule has 2 N–H and O–H groups in total. The summed E-state index contributed by atoms with van der Waals surface area (Å²) in [5.74, 6) is -1.87. The molecule has 6 nitrogen and oxygen atoms in total. The Kier molecular flexibility index (Phi) is 6.71. The maximum atomic E-state index is 10.6. The molecule has 0 aromatic heterocycles.